The van der Waals surface area contributed by atoms with E-state index in [0.717, 1.165) is 10.6 Å². The van der Waals surface area contributed by atoms with E-state index in [1.54, 1.807) is 71.8 Å². The number of esters is 1. The summed E-state index contributed by atoms with van der Waals surface area (Å²) in [7, 11) is 4.61. The van der Waals surface area contributed by atoms with E-state index in [-0.39, 0.29) is 36.1 Å². The van der Waals surface area contributed by atoms with Gasteiger partial charge in [0.05, 0.1) is 30.4 Å². The zero-order chi connectivity index (χ0) is 43.9. The Balaban J connectivity index is 1.49. The smallest absolute Gasteiger partial charge is 0.329 e. The lowest BCUT2D eigenvalue weighted by molar-refractivity contribution is -0.170. The number of aliphatic hydroxyl groups is 2. The number of cyclic esters (lactones) is 1. The van der Waals surface area contributed by atoms with E-state index in [1.165, 1.54) is 21.7 Å². The minimum atomic E-state index is -1.06. The molecule has 1 aromatic rings. The van der Waals surface area contributed by atoms with Crippen molar-refractivity contribution in [2.75, 3.05) is 33.5 Å². The molecule has 15 heteroatoms. The number of benzene rings is 1. The van der Waals surface area contributed by atoms with Crippen LogP contribution in [-0.2, 0) is 35.1 Å². The Morgan fingerprint density at radius 2 is 1.68 bits per heavy atom. The maximum absolute atomic E-state index is 14.3. The fourth-order valence-electron chi connectivity index (χ4n) is 7.99. The van der Waals surface area contributed by atoms with Crippen LogP contribution in [-0.4, -0.2) is 142 Å². The normalized spacial score (nSPS) is 25.4. The number of hydrogen-bond donors (Lipinski definition) is 3. The van der Waals surface area contributed by atoms with Gasteiger partial charge in [-0.2, -0.15) is 0 Å². The van der Waals surface area contributed by atoms with Crippen LogP contribution in [0.1, 0.15) is 86.6 Å². The van der Waals surface area contributed by atoms with Crippen molar-refractivity contribution in [1.29, 1.82) is 0 Å². The molecule has 0 spiro atoms. The molecule has 2 fully saturated rings. The summed E-state index contributed by atoms with van der Waals surface area (Å²) in [5.41, 5.74) is 1.13. The highest BCUT2D eigenvalue weighted by Gasteiger charge is 2.47. The van der Waals surface area contributed by atoms with E-state index in [1.807, 2.05) is 39.8 Å². The highest BCUT2D eigenvalue weighted by molar-refractivity contribution is 8.14. The zero-order valence-corrected chi connectivity index (χ0v) is 37.5. The van der Waals surface area contributed by atoms with Crippen LogP contribution in [0.15, 0.2) is 40.9 Å². The van der Waals surface area contributed by atoms with E-state index in [9.17, 15) is 34.2 Å². The van der Waals surface area contributed by atoms with Gasteiger partial charge in [-0.15, -0.1) is 11.8 Å². The van der Waals surface area contributed by atoms with Crippen molar-refractivity contribution in [1.82, 2.24) is 20.0 Å². The number of likely N-dealkylation sites (N-methyl/N-ethyl adjacent to an activating group) is 2. The molecule has 2 saturated heterocycles. The molecule has 4 rings (SSSR count). The molecule has 0 aromatic heterocycles. The molecule has 3 N–H and O–H groups in total. The van der Waals surface area contributed by atoms with E-state index in [4.69, 9.17) is 14.5 Å². The fourth-order valence-corrected chi connectivity index (χ4v) is 9.13. The summed E-state index contributed by atoms with van der Waals surface area (Å²) in [6, 6.07) is 3.19. The number of thioether (sulfide) groups is 1. The average Bonchev–Trinajstić information content (AvgIpc) is 3.89. The van der Waals surface area contributed by atoms with E-state index >= 15 is 0 Å². The number of carbonyl (C=O) groups is 5. The molecular weight excluding hydrogens is 775 g/mol. The van der Waals surface area contributed by atoms with Gasteiger partial charge in [-0.25, -0.2) is 4.79 Å². The van der Waals surface area contributed by atoms with Crippen molar-refractivity contribution < 1.29 is 43.7 Å². The molecule has 0 saturated carbocycles. The summed E-state index contributed by atoms with van der Waals surface area (Å²) in [5, 5.41) is 25.0. The van der Waals surface area contributed by atoms with Crippen molar-refractivity contribution in [3.8, 4) is 5.75 Å². The lowest BCUT2D eigenvalue weighted by atomic mass is 9.89. The number of ether oxygens (including phenoxy) is 2. The Morgan fingerprint density at radius 1 is 1.03 bits per heavy atom. The Kier molecular flexibility index (Phi) is 17.0. The molecule has 1 aromatic carbocycles. The van der Waals surface area contributed by atoms with Crippen LogP contribution in [0, 0.1) is 23.7 Å². The second-order valence-electron chi connectivity index (χ2n) is 17.2. The summed E-state index contributed by atoms with van der Waals surface area (Å²) in [4.78, 5) is 78.0. The van der Waals surface area contributed by atoms with Crippen LogP contribution in [0.25, 0.3) is 0 Å². The van der Waals surface area contributed by atoms with Gasteiger partial charge in [-0.1, -0.05) is 52.8 Å². The maximum Gasteiger partial charge on any atom is 0.329 e. The Morgan fingerprint density at radius 3 is 2.31 bits per heavy atom. The van der Waals surface area contributed by atoms with E-state index in [0.29, 0.717) is 49.3 Å². The van der Waals surface area contributed by atoms with Crippen molar-refractivity contribution in [3.63, 3.8) is 0 Å². The van der Waals surface area contributed by atoms with Crippen LogP contribution in [0.3, 0.4) is 0 Å². The molecule has 11 atom stereocenters. The van der Waals surface area contributed by atoms with Crippen LogP contribution in [0.4, 0.5) is 0 Å². The third-order valence-electron chi connectivity index (χ3n) is 12.4. The Hall–Kier alpha value is -3.95. The predicted molar refractivity (Wildman–Crippen MR) is 229 cm³/mol. The number of hydrogen-bond acceptors (Lipinski definition) is 11. The van der Waals surface area contributed by atoms with Gasteiger partial charge in [0.25, 0.3) is 0 Å². The predicted octanol–water partition coefficient (Wildman–Crippen LogP) is 3.86. The molecule has 3 aliphatic heterocycles. The van der Waals surface area contributed by atoms with Gasteiger partial charge >= 0.3 is 5.97 Å². The van der Waals surface area contributed by atoms with Crippen LogP contribution >= 0.6 is 11.8 Å². The quantitative estimate of drug-likeness (QED) is 0.154. The first-order valence-corrected chi connectivity index (χ1v) is 22.0. The summed E-state index contributed by atoms with van der Waals surface area (Å²) >= 11 is 1.55. The Bertz CT molecular complexity index is 1720. The van der Waals surface area contributed by atoms with E-state index in [2.05, 4.69) is 5.32 Å². The largest absolute Gasteiger partial charge is 0.497 e. The third kappa shape index (κ3) is 11.9. The maximum atomic E-state index is 14.3. The number of nitrogens with one attached hydrogen (secondary N) is 1. The summed E-state index contributed by atoms with van der Waals surface area (Å²) in [6.07, 6.45) is 2.55. The molecule has 0 aliphatic carbocycles. The fraction of sp³-hybridized carbons (Fsp3) is 0.682. The standard InChI is InChI=1S/C44H67N5O9S/c1-24(2)36(50)19-25(3)20-37(51)28(6)40-45-32(23-59-40)21-26(4)39(52)46-34(22-31-14-16-33(57-11)17-15-31)42(54)47(9)29(7)41(53)48(10)38-27(5)30(8)58-44(56)35-13-12-18-49(35)43(38)55/h14-17,21,24-25,27-30,32,34-38,50-51H,12-13,18-20,22-23H2,1-11H3,(H,46,52)/t25-,27-,28-,29-,30?,32-,34-,35-,36-,37-,38-/m0/s1. The minimum Gasteiger partial charge on any atom is -0.497 e. The van der Waals surface area contributed by atoms with Gasteiger partial charge in [0.1, 0.15) is 36.0 Å². The second kappa shape index (κ2) is 21.0. The molecule has 14 nitrogen and oxygen atoms in total. The average molecular weight is 842 g/mol. The zero-order valence-electron chi connectivity index (χ0n) is 36.7. The topological polar surface area (TPSA) is 178 Å². The molecule has 59 heavy (non-hydrogen) atoms. The van der Waals surface area contributed by atoms with Gasteiger partial charge in [0.2, 0.25) is 23.6 Å². The first-order chi connectivity index (χ1) is 27.7. The molecule has 4 amide bonds. The highest BCUT2D eigenvalue weighted by atomic mass is 32.2. The molecular formula is C44H67N5O9S. The lowest BCUT2D eigenvalue weighted by Crippen LogP contribution is -2.61. The monoisotopic (exact) mass is 841 g/mol. The molecule has 3 heterocycles. The van der Waals surface area contributed by atoms with Crippen molar-refractivity contribution >= 4 is 46.4 Å². The minimum absolute atomic E-state index is 0.129. The van der Waals surface area contributed by atoms with Gasteiger partial charge < -0.3 is 39.7 Å². The molecule has 0 radical (unpaired) electrons. The summed E-state index contributed by atoms with van der Waals surface area (Å²) in [5.74, 6) is -1.37. The van der Waals surface area contributed by atoms with Gasteiger partial charge in [0, 0.05) is 50.2 Å². The van der Waals surface area contributed by atoms with Crippen LogP contribution < -0.4 is 10.1 Å². The SMILES string of the molecule is COc1ccc(C[C@H](NC(=O)C(C)=C[C@H]2CSC([C@@H](C)[C@@H](O)C[C@@H](C)C[C@H](O)C(C)C)=N2)C(=O)N(C)[C@@H](C)C(=O)N(C)[C@@H]2C(=O)N3CCC[C@H]3C(=O)OC(C)[C@@H]2C)cc1. The van der Waals surface area contributed by atoms with Crippen molar-refractivity contribution in [2.24, 2.45) is 28.7 Å². The second-order valence-corrected chi connectivity index (χ2v) is 18.3. The Labute approximate surface area is 354 Å². The lowest BCUT2D eigenvalue weighted by Gasteiger charge is -2.42. The first-order valence-electron chi connectivity index (χ1n) is 21.0. The number of aliphatic hydroxyl groups excluding tert-OH is 2. The number of fused-ring (bicyclic) bond motifs is 1. The number of aliphatic imine (C=N–C) groups is 1. The number of rotatable bonds is 17. The number of carbonyl (C=O) groups excluding carboxylic acids is 5. The number of methoxy groups -OCH3 is 1. The summed E-state index contributed by atoms with van der Waals surface area (Å²) in [6.45, 7) is 15.1. The third-order valence-corrected chi connectivity index (χ3v) is 13.7. The van der Waals surface area contributed by atoms with Crippen molar-refractivity contribution in [2.45, 2.75) is 136 Å². The van der Waals surface area contributed by atoms with Crippen LogP contribution in [0.5, 0.6) is 5.75 Å². The molecule has 3 aliphatic rings. The molecule has 328 valence electrons. The first kappa shape index (κ1) is 47.7. The molecule has 0 bridgehead atoms. The number of nitrogens with zero attached hydrogens (tertiary/aromatic N) is 4. The van der Waals surface area contributed by atoms with Gasteiger partial charge in [-0.05, 0) is 76.0 Å². The van der Waals surface area contributed by atoms with Crippen LogP contribution in [0.2, 0.25) is 0 Å². The highest BCUT2D eigenvalue weighted by Crippen LogP contribution is 2.31. The van der Waals surface area contributed by atoms with Gasteiger partial charge in [-0.3, -0.25) is 24.2 Å². The summed E-state index contributed by atoms with van der Waals surface area (Å²) < 4.78 is 11.0. The molecule has 1 unspecified atom stereocenters. The van der Waals surface area contributed by atoms with Gasteiger partial charge in [0.15, 0.2) is 0 Å². The van der Waals surface area contributed by atoms with E-state index < -0.39 is 72.1 Å². The van der Waals surface area contributed by atoms with Crippen molar-refractivity contribution in [3.05, 3.63) is 41.5 Å². The number of amides is 4.